The number of likely N-dealkylation sites (N-methyl/N-ethyl adjacent to an activating group) is 1. The fraction of sp³-hybridized carbons (Fsp3) is 0.242. The number of nitrogens with one attached hydrogen (secondary N) is 1. The van der Waals surface area contributed by atoms with Crippen molar-refractivity contribution >= 4 is 37.2 Å². The highest BCUT2D eigenvalue weighted by molar-refractivity contribution is 7.39. The molecule has 2 fully saturated rings. The minimum atomic E-state index is -2.57. The Hall–Kier alpha value is -4.54. The number of carbonyl (C=O) groups excluding carboxylic acids is 3. The van der Waals surface area contributed by atoms with Gasteiger partial charge in [0.25, 0.3) is 0 Å². The monoisotopic (exact) mass is 627 g/mol. The van der Waals surface area contributed by atoms with Crippen molar-refractivity contribution in [1.29, 1.82) is 0 Å². The highest BCUT2D eigenvalue weighted by atomic mass is 31.2. The summed E-state index contributed by atoms with van der Waals surface area (Å²) in [6.07, 6.45) is -0.538. The number of amides is 4. The van der Waals surface area contributed by atoms with Crippen molar-refractivity contribution in [2.75, 3.05) is 20.1 Å². The Balaban J connectivity index is 1.33. The lowest BCUT2D eigenvalue weighted by atomic mass is 9.97. The molecule has 2 aliphatic heterocycles. The number of piperazine rings is 1. The molecule has 4 aromatic rings. The van der Waals surface area contributed by atoms with Crippen molar-refractivity contribution in [2.45, 2.75) is 31.7 Å². The lowest BCUT2D eigenvalue weighted by Crippen LogP contribution is -2.76. The van der Waals surface area contributed by atoms with E-state index in [2.05, 4.69) is 5.32 Å². The molecule has 0 spiro atoms. The van der Waals surface area contributed by atoms with Gasteiger partial charge in [-0.1, -0.05) is 84.9 Å². The second kappa shape index (κ2) is 13.2. The van der Waals surface area contributed by atoms with Gasteiger partial charge >= 0.3 is 14.6 Å². The number of fused-ring (bicyclic) bond motifs is 2. The van der Waals surface area contributed by atoms with Crippen LogP contribution in [0.1, 0.15) is 16.7 Å². The normalized spacial score (nSPS) is 18.8. The van der Waals surface area contributed by atoms with Crippen molar-refractivity contribution in [3.05, 3.63) is 114 Å². The molecule has 0 saturated carbocycles. The average molecular weight is 628 g/mol. The highest BCUT2D eigenvalue weighted by Crippen LogP contribution is 2.32. The molecule has 3 N–H and O–H groups in total. The summed E-state index contributed by atoms with van der Waals surface area (Å²) in [5.41, 5.74) is 2.66. The number of hydrogen-bond donors (Lipinski definition) is 3. The van der Waals surface area contributed by atoms with Gasteiger partial charge in [-0.05, 0) is 39.6 Å². The molecular weight excluding hydrogens is 593 g/mol. The summed E-state index contributed by atoms with van der Waals surface area (Å²) < 4.78 is 4.99. The molecule has 11 nitrogen and oxygen atoms in total. The SMILES string of the molecule is CN1CC(=O)N2[C@@H](Cc3ccc(OP(O)O)cc3)C(=O)N(Cc3cccc4ccccc34)C[C@@H]2N1C(=O)NCc1ccccc1. The number of nitrogens with zero attached hydrogens (tertiary/aromatic N) is 4. The van der Waals surface area contributed by atoms with Crippen molar-refractivity contribution in [3.8, 4) is 5.75 Å². The number of carbonyl (C=O) groups is 3. The standard InChI is InChI=1S/C33H34N5O6P/c1-35-22-31(39)37-29(18-23-14-16-27(17-15-23)44-45(42)43)32(40)36(20-26-12-7-11-25-10-5-6-13-28(25)26)21-30(37)38(35)33(41)34-19-24-8-3-2-4-9-24/h2-17,29-30,42-43H,18-22H2,1H3,(H,34,41)/t29-,30-/m0/s1. The fourth-order valence-electron chi connectivity index (χ4n) is 6.14. The van der Waals surface area contributed by atoms with Crippen LogP contribution in [0, 0.1) is 0 Å². The van der Waals surface area contributed by atoms with Gasteiger partial charge in [-0.15, -0.1) is 0 Å². The van der Waals surface area contributed by atoms with Gasteiger partial charge in [-0.3, -0.25) is 9.59 Å². The predicted octanol–water partition coefficient (Wildman–Crippen LogP) is 3.61. The highest BCUT2D eigenvalue weighted by Gasteiger charge is 2.50. The van der Waals surface area contributed by atoms with E-state index in [1.165, 1.54) is 0 Å². The van der Waals surface area contributed by atoms with Crippen molar-refractivity contribution in [1.82, 2.24) is 25.1 Å². The molecule has 2 aliphatic rings. The van der Waals surface area contributed by atoms with Crippen LogP contribution in [0.3, 0.4) is 0 Å². The Morgan fingerprint density at radius 2 is 1.62 bits per heavy atom. The van der Waals surface area contributed by atoms with Crippen LogP contribution in [0.15, 0.2) is 97.1 Å². The van der Waals surface area contributed by atoms with Gasteiger partial charge in [-0.2, -0.15) is 0 Å². The molecular formula is C33H34N5O6P. The number of hydrogen-bond acceptors (Lipinski definition) is 7. The molecule has 12 heteroatoms. The largest absolute Gasteiger partial charge is 0.427 e. The van der Waals surface area contributed by atoms with E-state index in [0.29, 0.717) is 13.1 Å². The smallest absolute Gasteiger partial charge is 0.391 e. The van der Waals surface area contributed by atoms with Crippen molar-refractivity contribution in [2.24, 2.45) is 0 Å². The Kier molecular flexibility index (Phi) is 8.95. The maximum Gasteiger partial charge on any atom is 0.391 e. The Bertz CT molecular complexity index is 1680. The van der Waals surface area contributed by atoms with E-state index in [0.717, 1.165) is 27.5 Å². The summed E-state index contributed by atoms with van der Waals surface area (Å²) in [7, 11) is -0.864. The van der Waals surface area contributed by atoms with E-state index >= 15 is 0 Å². The zero-order valence-corrected chi connectivity index (χ0v) is 25.6. The third-order valence-electron chi connectivity index (χ3n) is 8.21. The van der Waals surface area contributed by atoms with Crippen LogP contribution in [0.2, 0.25) is 0 Å². The Labute approximate surface area is 262 Å². The first-order valence-electron chi connectivity index (χ1n) is 14.6. The van der Waals surface area contributed by atoms with Gasteiger partial charge in [0.2, 0.25) is 11.8 Å². The van der Waals surface area contributed by atoms with E-state index < -0.39 is 20.8 Å². The van der Waals surface area contributed by atoms with E-state index in [1.807, 2.05) is 72.8 Å². The second-order valence-electron chi connectivity index (χ2n) is 11.2. The van der Waals surface area contributed by atoms with Gasteiger partial charge < -0.3 is 29.4 Å². The fourth-order valence-corrected chi connectivity index (χ4v) is 6.45. The van der Waals surface area contributed by atoms with E-state index in [-0.39, 0.29) is 43.1 Å². The van der Waals surface area contributed by atoms with Crippen LogP contribution >= 0.6 is 8.60 Å². The predicted molar refractivity (Wildman–Crippen MR) is 169 cm³/mol. The average Bonchev–Trinajstić information content (AvgIpc) is 3.03. The summed E-state index contributed by atoms with van der Waals surface area (Å²) in [6, 6.07) is 28.9. The molecule has 0 bridgehead atoms. The molecule has 4 amide bonds. The summed E-state index contributed by atoms with van der Waals surface area (Å²) in [5.74, 6) is -0.183. The van der Waals surface area contributed by atoms with Crippen LogP contribution in [0.25, 0.3) is 10.8 Å². The molecule has 0 radical (unpaired) electrons. The van der Waals surface area contributed by atoms with E-state index in [4.69, 9.17) is 4.52 Å². The topological polar surface area (TPSA) is 126 Å². The van der Waals surface area contributed by atoms with Gasteiger partial charge in [-0.25, -0.2) is 14.8 Å². The first-order chi connectivity index (χ1) is 21.8. The van der Waals surface area contributed by atoms with Crippen LogP contribution in [0.5, 0.6) is 5.75 Å². The molecule has 0 aromatic heterocycles. The summed E-state index contributed by atoms with van der Waals surface area (Å²) in [6.45, 7) is 0.690. The Morgan fingerprint density at radius 3 is 2.38 bits per heavy atom. The van der Waals surface area contributed by atoms with Crippen LogP contribution in [0.4, 0.5) is 4.79 Å². The van der Waals surface area contributed by atoms with E-state index in [1.54, 1.807) is 51.1 Å². The summed E-state index contributed by atoms with van der Waals surface area (Å²) in [5, 5.41) is 8.23. The quantitative estimate of drug-likeness (QED) is 0.255. The number of hydrazine groups is 1. The van der Waals surface area contributed by atoms with E-state index in [9.17, 15) is 24.2 Å². The lowest BCUT2D eigenvalue weighted by molar-refractivity contribution is -0.187. The van der Waals surface area contributed by atoms with Gasteiger partial charge in [0, 0.05) is 26.6 Å². The van der Waals surface area contributed by atoms with Gasteiger partial charge in [0.1, 0.15) is 18.0 Å². The summed E-state index contributed by atoms with van der Waals surface area (Å²) >= 11 is 0. The molecule has 4 aromatic carbocycles. The van der Waals surface area contributed by atoms with Crippen molar-refractivity contribution < 1.29 is 28.7 Å². The summed E-state index contributed by atoms with van der Waals surface area (Å²) in [4.78, 5) is 63.3. The zero-order chi connectivity index (χ0) is 31.5. The third kappa shape index (κ3) is 6.62. The van der Waals surface area contributed by atoms with Crippen molar-refractivity contribution in [3.63, 3.8) is 0 Å². The number of rotatable bonds is 8. The second-order valence-corrected chi connectivity index (χ2v) is 11.8. The molecule has 232 valence electrons. The molecule has 45 heavy (non-hydrogen) atoms. The minimum Gasteiger partial charge on any atom is -0.427 e. The number of benzene rings is 4. The van der Waals surface area contributed by atoms with Crippen LogP contribution < -0.4 is 9.84 Å². The molecule has 0 aliphatic carbocycles. The molecule has 2 atom stereocenters. The van der Waals surface area contributed by atoms with Crippen LogP contribution in [-0.4, -0.2) is 79.8 Å². The number of urea groups is 1. The maximum absolute atomic E-state index is 14.3. The van der Waals surface area contributed by atoms with Gasteiger partial charge in [0.05, 0.1) is 13.1 Å². The molecule has 2 saturated heterocycles. The molecule has 0 unspecified atom stereocenters. The maximum atomic E-state index is 14.3. The first kappa shape index (κ1) is 30.5. The Morgan fingerprint density at radius 1 is 0.911 bits per heavy atom. The van der Waals surface area contributed by atoms with Gasteiger partial charge in [0.15, 0.2) is 0 Å². The molecule has 6 rings (SSSR count). The first-order valence-corrected chi connectivity index (χ1v) is 15.8. The molecule has 2 heterocycles. The minimum absolute atomic E-state index is 0.0638. The van der Waals surface area contributed by atoms with Crippen LogP contribution in [-0.2, 0) is 29.1 Å². The lowest BCUT2D eigenvalue weighted by Gasteiger charge is -2.54. The third-order valence-corrected chi connectivity index (χ3v) is 8.59. The zero-order valence-electron chi connectivity index (χ0n) is 24.7.